The van der Waals surface area contributed by atoms with Gasteiger partial charge in [0.1, 0.15) is 11.8 Å². The van der Waals surface area contributed by atoms with E-state index in [1.807, 2.05) is 55.5 Å². The van der Waals surface area contributed by atoms with E-state index in [0.717, 1.165) is 11.1 Å². The lowest BCUT2D eigenvalue weighted by Crippen LogP contribution is -2.30. The molecule has 1 heterocycles. The van der Waals surface area contributed by atoms with Crippen LogP contribution in [-0.2, 0) is 0 Å². The summed E-state index contributed by atoms with van der Waals surface area (Å²) in [4.78, 5) is 13.1. The fraction of sp³-hybridized carbons (Fsp3) is 0.125. The number of hydrogen-bond acceptors (Lipinski definition) is 5. The second-order valence-corrected chi connectivity index (χ2v) is 7.14. The van der Waals surface area contributed by atoms with Crippen molar-refractivity contribution in [3.05, 3.63) is 101 Å². The van der Waals surface area contributed by atoms with E-state index in [1.165, 1.54) is 0 Å². The van der Waals surface area contributed by atoms with Gasteiger partial charge in [0.25, 0.3) is 5.91 Å². The summed E-state index contributed by atoms with van der Waals surface area (Å²) in [6.45, 7) is 2.32. The van der Waals surface area contributed by atoms with E-state index in [-0.39, 0.29) is 11.8 Å². The maximum Gasteiger partial charge on any atom is 0.255 e. The molecular formula is C24H20ClN3O3. The number of carbonyl (C=O) groups excluding carboxylic acids is 1. The van der Waals surface area contributed by atoms with Crippen LogP contribution in [0.15, 0.2) is 83.3 Å². The predicted octanol–water partition coefficient (Wildman–Crippen LogP) is 5.31. The van der Waals surface area contributed by atoms with Crippen molar-refractivity contribution in [3.8, 4) is 17.2 Å². The molecule has 0 saturated carbocycles. The molecule has 0 fully saturated rings. The number of carbonyl (C=O) groups is 1. The molecule has 1 N–H and O–H groups in total. The van der Waals surface area contributed by atoms with Gasteiger partial charge < -0.3 is 14.5 Å². The fourth-order valence-electron chi connectivity index (χ4n) is 3.14. The minimum atomic E-state index is -0.663. The zero-order valence-electron chi connectivity index (χ0n) is 16.8. The van der Waals surface area contributed by atoms with Crippen LogP contribution in [0.5, 0.6) is 5.75 Å². The lowest BCUT2D eigenvalue weighted by atomic mass is 10.1. The van der Waals surface area contributed by atoms with Gasteiger partial charge in [-0.05, 0) is 48.9 Å². The molecular weight excluding hydrogens is 414 g/mol. The second kappa shape index (κ2) is 9.45. The number of halogens is 1. The van der Waals surface area contributed by atoms with Crippen LogP contribution in [0.25, 0.3) is 11.5 Å². The van der Waals surface area contributed by atoms with Crippen LogP contribution in [-0.4, -0.2) is 22.7 Å². The average molecular weight is 434 g/mol. The van der Waals surface area contributed by atoms with Crippen molar-refractivity contribution in [2.45, 2.75) is 13.0 Å². The van der Waals surface area contributed by atoms with Gasteiger partial charge >= 0.3 is 0 Å². The third-order valence-electron chi connectivity index (χ3n) is 4.62. The minimum absolute atomic E-state index is 0.267. The Morgan fingerprint density at radius 1 is 1.00 bits per heavy atom. The number of para-hydroxylation sites is 1. The molecule has 0 spiro atoms. The van der Waals surface area contributed by atoms with Crippen molar-refractivity contribution in [2.24, 2.45) is 0 Å². The molecule has 0 aliphatic rings. The fourth-order valence-corrected chi connectivity index (χ4v) is 3.26. The van der Waals surface area contributed by atoms with Crippen molar-refractivity contribution in [3.63, 3.8) is 0 Å². The molecule has 0 saturated heterocycles. The highest BCUT2D eigenvalue weighted by atomic mass is 35.5. The normalized spacial score (nSPS) is 11.7. The maximum atomic E-state index is 13.1. The molecule has 0 radical (unpaired) electrons. The van der Waals surface area contributed by atoms with E-state index < -0.39 is 6.04 Å². The smallest absolute Gasteiger partial charge is 0.255 e. The van der Waals surface area contributed by atoms with Gasteiger partial charge in [0.05, 0.1) is 12.2 Å². The van der Waals surface area contributed by atoms with E-state index >= 15 is 0 Å². The summed E-state index contributed by atoms with van der Waals surface area (Å²) in [6.07, 6.45) is 0. The molecule has 1 atom stereocenters. The first-order valence-electron chi connectivity index (χ1n) is 9.82. The van der Waals surface area contributed by atoms with Crippen LogP contribution in [0.3, 0.4) is 0 Å². The molecule has 1 aromatic heterocycles. The van der Waals surface area contributed by atoms with E-state index in [9.17, 15) is 4.79 Å². The third kappa shape index (κ3) is 4.75. The van der Waals surface area contributed by atoms with Crippen molar-refractivity contribution in [2.75, 3.05) is 6.61 Å². The number of hydrogen-bond donors (Lipinski definition) is 1. The average Bonchev–Trinajstić information content (AvgIpc) is 3.29. The van der Waals surface area contributed by atoms with Crippen LogP contribution >= 0.6 is 11.6 Å². The zero-order chi connectivity index (χ0) is 21.6. The first kappa shape index (κ1) is 20.6. The molecule has 1 amide bonds. The van der Waals surface area contributed by atoms with Crippen molar-refractivity contribution >= 4 is 17.5 Å². The summed E-state index contributed by atoms with van der Waals surface area (Å²) in [5, 5.41) is 11.9. The lowest BCUT2D eigenvalue weighted by Gasteiger charge is -2.17. The number of aromatic nitrogens is 2. The first-order chi connectivity index (χ1) is 15.2. The summed E-state index contributed by atoms with van der Waals surface area (Å²) < 4.78 is 11.5. The van der Waals surface area contributed by atoms with Gasteiger partial charge in [-0.1, -0.05) is 54.1 Å². The van der Waals surface area contributed by atoms with E-state index in [1.54, 1.807) is 30.3 Å². The van der Waals surface area contributed by atoms with Gasteiger partial charge in [0, 0.05) is 10.6 Å². The largest absolute Gasteiger partial charge is 0.493 e. The molecule has 0 bridgehead atoms. The van der Waals surface area contributed by atoms with Crippen molar-refractivity contribution in [1.29, 1.82) is 0 Å². The van der Waals surface area contributed by atoms with Gasteiger partial charge in [0.15, 0.2) is 0 Å². The molecule has 3 aromatic carbocycles. The standard InChI is InChI=1S/C24H20ClN3O3/c1-2-30-20-11-7-6-10-19(20)22(29)26-21(16-12-14-18(25)15-13-16)24-28-27-23(31-24)17-8-4-3-5-9-17/h3-15,21H,2H2,1H3,(H,26,29)/t21-/m0/s1. The Hall–Kier alpha value is -3.64. The summed E-state index contributed by atoms with van der Waals surface area (Å²) in [6, 6.07) is 23.0. The Labute approximate surface area is 184 Å². The predicted molar refractivity (Wildman–Crippen MR) is 118 cm³/mol. The molecule has 156 valence electrons. The number of benzene rings is 3. The number of rotatable bonds is 7. The van der Waals surface area contributed by atoms with Gasteiger partial charge in [-0.25, -0.2) is 0 Å². The van der Waals surface area contributed by atoms with Gasteiger partial charge in [-0.2, -0.15) is 0 Å². The number of ether oxygens (including phenoxy) is 1. The monoisotopic (exact) mass is 433 g/mol. The highest BCUT2D eigenvalue weighted by molar-refractivity contribution is 6.30. The summed E-state index contributed by atoms with van der Waals surface area (Å²) >= 11 is 6.05. The molecule has 0 unspecified atom stereocenters. The summed E-state index contributed by atoms with van der Waals surface area (Å²) in [7, 11) is 0. The minimum Gasteiger partial charge on any atom is -0.493 e. The second-order valence-electron chi connectivity index (χ2n) is 6.70. The van der Waals surface area contributed by atoms with E-state index in [0.29, 0.717) is 28.8 Å². The molecule has 4 aromatic rings. The first-order valence-corrected chi connectivity index (χ1v) is 10.2. The molecule has 31 heavy (non-hydrogen) atoms. The van der Waals surface area contributed by atoms with E-state index in [4.69, 9.17) is 20.8 Å². The summed E-state index contributed by atoms with van der Waals surface area (Å²) in [5.41, 5.74) is 1.98. The van der Waals surface area contributed by atoms with E-state index in [2.05, 4.69) is 15.5 Å². The summed E-state index contributed by atoms with van der Waals surface area (Å²) in [5.74, 6) is 0.832. The van der Waals surface area contributed by atoms with Crippen LogP contribution in [0, 0.1) is 0 Å². The van der Waals surface area contributed by atoms with Crippen LogP contribution in [0.4, 0.5) is 0 Å². The van der Waals surface area contributed by atoms with Crippen LogP contribution < -0.4 is 10.1 Å². The highest BCUT2D eigenvalue weighted by Gasteiger charge is 2.25. The molecule has 4 rings (SSSR count). The van der Waals surface area contributed by atoms with Gasteiger partial charge in [0.2, 0.25) is 11.8 Å². The Morgan fingerprint density at radius 2 is 1.71 bits per heavy atom. The Kier molecular flexibility index (Phi) is 6.29. The van der Waals surface area contributed by atoms with Crippen LogP contribution in [0.2, 0.25) is 5.02 Å². The van der Waals surface area contributed by atoms with Gasteiger partial charge in [-0.15, -0.1) is 10.2 Å². The maximum absolute atomic E-state index is 13.1. The number of nitrogens with one attached hydrogen (secondary N) is 1. The Bertz CT molecular complexity index is 1160. The molecule has 0 aliphatic heterocycles. The third-order valence-corrected chi connectivity index (χ3v) is 4.87. The lowest BCUT2D eigenvalue weighted by molar-refractivity contribution is 0.0934. The Balaban J connectivity index is 1.68. The number of nitrogens with zero attached hydrogens (tertiary/aromatic N) is 2. The molecule has 0 aliphatic carbocycles. The number of amides is 1. The SMILES string of the molecule is CCOc1ccccc1C(=O)N[C@@H](c1ccc(Cl)cc1)c1nnc(-c2ccccc2)o1. The topological polar surface area (TPSA) is 77.2 Å². The zero-order valence-corrected chi connectivity index (χ0v) is 17.5. The molecule has 7 heteroatoms. The van der Waals surface area contributed by atoms with Crippen molar-refractivity contribution in [1.82, 2.24) is 15.5 Å². The quantitative estimate of drug-likeness (QED) is 0.427. The van der Waals surface area contributed by atoms with Crippen molar-refractivity contribution < 1.29 is 13.9 Å². The highest BCUT2D eigenvalue weighted by Crippen LogP contribution is 2.27. The Morgan fingerprint density at radius 3 is 2.45 bits per heavy atom. The molecule has 6 nitrogen and oxygen atoms in total. The van der Waals surface area contributed by atoms with Crippen LogP contribution in [0.1, 0.15) is 34.8 Å². The van der Waals surface area contributed by atoms with Gasteiger partial charge in [-0.3, -0.25) is 4.79 Å².